The van der Waals surface area contributed by atoms with E-state index in [2.05, 4.69) is 15.6 Å². The molecule has 0 aliphatic carbocycles. The monoisotopic (exact) mass is 257 g/mol. The van der Waals surface area contributed by atoms with E-state index in [0.29, 0.717) is 12.2 Å². The Hall–Kier alpha value is -2.07. The smallest absolute Gasteiger partial charge is 0.267 e. The molecular formula is C15H19N3O. The lowest BCUT2D eigenvalue weighted by molar-refractivity contribution is 0.0949. The zero-order valence-electron chi connectivity index (χ0n) is 11.1. The van der Waals surface area contributed by atoms with Crippen molar-refractivity contribution >= 4 is 5.91 Å². The number of hydrogen-bond donors (Lipinski definition) is 3. The summed E-state index contributed by atoms with van der Waals surface area (Å²) in [7, 11) is 1.90. The Morgan fingerprint density at radius 3 is 2.63 bits per heavy atom. The van der Waals surface area contributed by atoms with Gasteiger partial charge in [-0.05, 0) is 37.7 Å². The van der Waals surface area contributed by atoms with Gasteiger partial charge in [-0.25, -0.2) is 0 Å². The van der Waals surface area contributed by atoms with E-state index < -0.39 is 0 Å². The summed E-state index contributed by atoms with van der Waals surface area (Å²) in [5.74, 6) is -0.0571. The molecule has 0 radical (unpaired) electrons. The van der Waals surface area contributed by atoms with Crippen molar-refractivity contribution in [3.63, 3.8) is 0 Å². The molecule has 1 heterocycles. The van der Waals surface area contributed by atoms with E-state index in [-0.39, 0.29) is 5.91 Å². The third kappa shape index (κ3) is 3.69. The average Bonchev–Trinajstić information content (AvgIpc) is 2.94. The zero-order chi connectivity index (χ0) is 13.5. The quantitative estimate of drug-likeness (QED) is 0.693. The van der Waals surface area contributed by atoms with Crippen LogP contribution in [0.5, 0.6) is 0 Å². The molecule has 0 spiro atoms. The first-order valence-corrected chi connectivity index (χ1v) is 6.48. The van der Waals surface area contributed by atoms with Crippen molar-refractivity contribution in [1.82, 2.24) is 15.6 Å². The normalized spacial score (nSPS) is 10.4. The van der Waals surface area contributed by atoms with Crippen LogP contribution in [0.2, 0.25) is 0 Å². The molecule has 1 aromatic heterocycles. The Morgan fingerprint density at radius 2 is 1.89 bits per heavy atom. The molecule has 19 heavy (non-hydrogen) atoms. The Morgan fingerprint density at radius 1 is 1.11 bits per heavy atom. The van der Waals surface area contributed by atoms with Gasteiger partial charge < -0.3 is 15.6 Å². The number of hydrogen-bond acceptors (Lipinski definition) is 2. The van der Waals surface area contributed by atoms with Crippen molar-refractivity contribution in [2.75, 3.05) is 20.1 Å². The molecule has 2 rings (SSSR count). The minimum atomic E-state index is -0.0571. The minimum absolute atomic E-state index is 0.0571. The zero-order valence-corrected chi connectivity index (χ0v) is 11.1. The van der Waals surface area contributed by atoms with Crippen LogP contribution in [0.4, 0.5) is 0 Å². The summed E-state index contributed by atoms with van der Waals surface area (Å²) >= 11 is 0. The van der Waals surface area contributed by atoms with Crippen molar-refractivity contribution in [2.24, 2.45) is 0 Å². The summed E-state index contributed by atoms with van der Waals surface area (Å²) in [5, 5.41) is 5.94. The molecule has 4 nitrogen and oxygen atoms in total. The Labute approximate surface area is 113 Å². The molecule has 2 aromatic rings. The van der Waals surface area contributed by atoms with Crippen molar-refractivity contribution < 1.29 is 4.79 Å². The molecule has 0 saturated heterocycles. The van der Waals surface area contributed by atoms with Crippen LogP contribution >= 0.6 is 0 Å². The molecule has 0 saturated carbocycles. The van der Waals surface area contributed by atoms with Gasteiger partial charge in [0.25, 0.3) is 5.91 Å². The van der Waals surface area contributed by atoms with Gasteiger partial charge in [0.15, 0.2) is 0 Å². The molecule has 4 heteroatoms. The summed E-state index contributed by atoms with van der Waals surface area (Å²) < 4.78 is 0. The van der Waals surface area contributed by atoms with Crippen LogP contribution in [-0.2, 0) is 0 Å². The first-order valence-electron chi connectivity index (χ1n) is 6.48. The van der Waals surface area contributed by atoms with E-state index in [1.807, 2.05) is 49.5 Å². The highest BCUT2D eigenvalue weighted by molar-refractivity contribution is 5.93. The molecule has 0 aliphatic heterocycles. The Bertz CT molecular complexity index is 519. The fraction of sp³-hybridized carbons (Fsp3) is 0.267. The molecule has 0 fully saturated rings. The van der Waals surface area contributed by atoms with E-state index in [9.17, 15) is 4.79 Å². The summed E-state index contributed by atoms with van der Waals surface area (Å²) in [5.41, 5.74) is 2.64. The maximum absolute atomic E-state index is 11.9. The van der Waals surface area contributed by atoms with E-state index in [1.165, 1.54) is 0 Å². The minimum Gasteiger partial charge on any atom is -0.351 e. The number of carbonyl (C=O) groups is 1. The lowest BCUT2D eigenvalue weighted by Crippen LogP contribution is -2.26. The van der Waals surface area contributed by atoms with Crippen LogP contribution in [0, 0.1) is 0 Å². The van der Waals surface area contributed by atoms with Crippen molar-refractivity contribution in [1.29, 1.82) is 0 Å². The van der Waals surface area contributed by atoms with Crippen molar-refractivity contribution in [3.8, 4) is 11.3 Å². The predicted molar refractivity (Wildman–Crippen MR) is 77.1 cm³/mol. The second-order valence-corrected chi connectivity index (χ2v) is 4.36. The predicted octanol–water partition coefficient (Wildman–Crippen LogP) is 2.02. The second kappa shape index (κ2) is 6.75. The van der Waals surface area contributed by atoms with Gasteiger partial charge in [0.1, 0.15) is 5.69 Å². The summed E-state index contributed by atoms with van der Waals surface area (Å²) in [6, 6.07) is 13.7. The van der Waals surface area contributed by atoms with Gasteiger partial charge in [-0.3, -0.25) is 4.79 Å². The van der Waals surface area contributed by atoms with Crippen LogP contribution in [0.3, 0.4) is 0 Å². The number of nitrogens with one attached hydrogen (secondary N) is 3. The molecule has 0 aliphatic rings. The van der Waals surface area contributed by atoms with E-state index >= 15 is 0 Å². The number of amides is 1. The third-order valence-corrected chi connectivity index (χ3v) is 2.90. The number of aromatic nitrogens is 1. The summed E-state index contributed by atoms with van der Waals surface area (Å²) in [6.07, 6.45) is 0.925. The largest absolute Gasteiger partial charge is 0.351 e. The Kier molecular flexibility index (Phi) is 4.75. The molecule has 1 amide bonds. The standard InChI is InChI=1S/C15H19N3O/c1-16-10-5-11-17-15(19)14-9-8-13(18-14)12-6-3-2-4-7-12/h2-4,6-9,16,18H,5,10-11H2,1H3,(H,17,19). The fourth-order valence-corrected chi connectivity index (χ4v) is 1.88. The molecule has 0 unspecified atom stereocenters. The second-order valence-electron chi connectivity index (χ2n) is 4.36. The van der Waals surface area contributed by atoms with Gasteiger partial charge in [-0.1, -0.05) is 30.3 Å². The van der Waals surface area contributed by atoms with Gasteiger partial charge in [0.2, 0.25) is 0 Å². The number of aromatic amines is 1. The number of H-pyrrole nitrogens is 1. The lowest BCUT2D eigenvalue weighted by Gasteiger charge is -2.03. The van der Waals surface area contributed by atoms with Crippen LogP contribution in [0.25, 0.3) is 11.3 Å². The van der Waals surface area contributed by atoms with Crippen LogP contribution < -0.4 is 10.6 Å². The first-order chi connectivity index (χ1) is 9.31. The summed E-state index contributed by atoms with van der Waals surface area (Å²) in [6.45, 7) is 1.58. The van der Waals surface area contributed by atoms with Crippen molar-refractivity contribution in [3.05, 3.63) is 48.2 Å². The van der Waals surface area contributed by atoms with Crippen LogP contribution in [-0.4, -0.2) is 31.0 Å². The maximum atomic E-state index is 11.9. The third-order valence-electron chi connectivity index (χ3n) is 2.90. The van der Waals surface area contributed by atoms with Gasteiger partial charge >= 0.3 is 0 Å². The van der Waals surface area contributed by atoms with Gasteiger partial charge in [0, 0.05) is 12.2 Å². The number of benzene rings is 1. The fourth-order valence-electron chi connectivity index (χ4n) is 1.88. The van der Waals surface area contributed by atoms with Crippen molar-refractivity contribution in [2.45, 2.75) is 6.42 Å². The highest BCUT2D eigenvalue weighted by Gasteiger charge is 2.08. The Balaban J connectivity index is 1.95. The highest BCUT2D eigenvalue weighted by atomic mass is 16.1. The molecule has 0 atom stereocenters. The molecule has 100 valence electrons. The van der Waals surface area contributed by atoms with Crippen LogP contribution in [0.1, 0.15) is 16.9 Å². The number of carbonyl (C=O) groups excluding carboxylic acids is 1. The van der Waals surface area contributed by atoms with Gasteiger partial charge in [-0.2, -0.15) is 0 Å². The maximum Gasteiger partial charge on any atom is 0.267 e. The topological polar surface area (TPSA) is 56.9 Å². The van der Waals surface area contributed by atoms with Gasteiger partial charge in [-0.15, -0.1) is 0 Å². The van der Waals surface area contributed by atoms with E-state index in [1.54, 1.807) is 0 Å². The first kappa shape index (κ1) is 13.4. The molecular weight excluding hydrogens is 238 g/mol. The average molecular weight is 257 g/mol. The highest BCUT2D eigenvalue weighted by Crippen LogP contribution is 2.17. The molecule has 3 N–H and O–H groups in total. The van der Waals surface area contributed by atoms with E-state index in [4.69, 9.17) is 0 Å². The molecule has 1 aromatic carbocycles. The van der Waals surface area contributed by atoms with Gasteiger partial charge in [0.05, 0.1) is 0 Å². The summed E-state index contributed by atoms with van der Waals surface area (Å²) in [4.78, 5) is 15.0. The lowest BCUT2D eigenvalue weighted by atomic mass is 10.2. The molecule has 0 bridgehead atoms. The van der Waals surface area contributed by atoms with E-state index in [0.717, 1.165) is 24.2 Å². The number of rotatable bonds is 6. The SMILES string of the molecule is CNCCCNC(=O)c1ccc(-c2ccccc2)[nH]1. The van der Waals surface area contributed by atoms with Crippen LogP contribution in [0.15, 0.2) is 42.5 Å².